The van der Waals surface area contributed by atoms with Gasteiger partial charge >= 0.3 is 0 Å². The molecule has 82 valence electrons. The molecule has 0 aromatic carbocycles. The molecule has 1 fully saturated rings. The lowest BCUT2D eigenvalue weighted by molar-refractivity contribution is -0.133. The normalized spacial score (nSPS) is 17.3. The van der Waals surface area contributed by atoms with E-state index in [2.05, 4.69) is 27.8 Å². The molecule has 0 spiro atoms. The first-order valence-electron chi connectivity index (χ1n) is 5.65. The van der Waals surface area contributed by atoms with E-state index in [1.807, 2.05) is 0 Å². The lowest BCUT2D eigenvalue weighted by Crippen LogP contribution is -2.39. The Morgan fingerprint density at radius 2 is 2.07 bits per heavy atom. The smallest absolute Gasteiger partial charge is 0.222 e. The van der Waals surface area contributed by atoms with Crippen molar-refractivity contribution in [3.63, 3.8) is 0 Å². The van der Waals surface area contributed by atoms with Crippen LogP contribution in [0.5, 0.6) is 0 Å². The molecular formula is C11H20BrNO. The van der Waals surface area contributed by atoms with Crippen molar-refractivity contribution in [2.24, 2.45) is 0 Å². The number of rotatable bonds is 5. The number of hydrogen-bond acceptors (Lipinski definition) is 1. The maximum Gasteiger partial charge on any atom is 0.222 e. The minimum Gasteiger partial charge on any atom is -0.339 e. The van der Waals surface area contributed by atoms with Crippen LogP contribution < -0.4 is 0 Å². The molecule has 0 aromatic rings. The molecule has 3 heteroatoms. The SMILES string of the molecule is CCCC(=O)N(CCBr)C1CCCC1. The second-order valence-corrected chi connectivity index (χ2v) is 4.76. The average molecular weight is 262 g/mol. The number of nitrogens with zero attached hydrogens (tertiary/aromatic N) is 1. The van der Waals surface area contributed by atoms with E-state index in [9.17, 15) is 4.79 Å². The molecule has 1 amide bonds. The van der Waals surface area contributed by atoms with E-state index in [4.69, 9.17) is 0 Å². The fourth-order valence-corrected chi connectivity index (χ4v) is 2.56. The van der Waals surface area contributed by atoms with Crippen molar-refractivity contribution in [3.05, 3.63) is 0 Å². The summed E-state index contributed by atoms with van der Waals surface area (Å²) in [6, 6.07) is 0.534. The van der Waals surface area contributed by atoms with Crippen molar-refractivity contribution in [1.82, 2.24) is 4.90 Å². The molecule has 2 nitrogen and oxygen atoms in total. The maximum absolute atomic E-state index is 11.8. The molecule has 0 bridgehead atoms. The second-order valence-electron chi connectivity index (χ2n) is 3.96. The van der Waals surface area contributed by atoms with Crippen molar-refractivity contribution in [1.29, 1.82) is 0 Å². The lowest BCUT2D eigenvalue weighted by atomic mass is 10.2. The van der Waals surface area contributed by atoms with Crippen LogP contribution in [0.2, 0.25) is 0 Å². The third-order valence-electron chi connectivity index (χ3n) is 2.88. The van der Waals surface area contributed by atoms with Crippen LogP contribution in [0.1, 0.15) is 45.4 Å². The molecule has 0 heterocycles. The lowest BCUT2D eigenvalue weighted by Gasteiger charge is -2.28. The Morgan fingerprint density at radius 1 is 1.43 bits per heavy atom. The number of carbonyl (C=O) groups is 1. The highest BCUT2D eigenvalue weighted by Crippen LogP contribution is 2.24. The van der Waals surface area contributed by atoms with E-state index in [0.717, 1.165) is 18.3 Å². The molecule has 1 rings (SSSR count). The Hall–Kier alpha value is -0.0500. The van der Waals surface area contributed by atoms with Crippen LogP contribution in [0.4, 0.5) is 0 Å². The molecule has 1 aliphatic carbocycles. The van der Waals surface area contributed by atoms with E-state index in [-0.39, 0.29) is 0 Å². The molecular weight excluding hydrogens is 242 g/mol. The third-order valence-corrected chi connectivity index (χ3v) is 3.23. The van der Waals surface area contributed by atoms with Gasteiger partial charge in [-0.2, -0.15) is 0 Å². The van der Waals surface area contributed by atoms with Crippen molar-refractivity contribution < 1.29 is 4.79 Å². The Labute approximate surface area is 95.2 Å². The van der Waals surface area contributed by atoms with Gasteiger partial charge in [0.1, 0.15) is 0 Å². The van der Waals surface area contributed by atoms with Gasteiger partial charge in [-0.1, -0.05) is 35.7 Å². The summed E-state index contributed by atoms with van der Waals surface area (Å²) >= 11 is 3.42. The highest BCUT2D eigenvalue weighted by molar-refractivity contribution is 9.09. The zero-order chi connectivity index (χ0) is 10.4. The maximum atomic E-state index is 11.8. The Bertz CT molecular complexity index is 178. The second kappa shape index (κ2) is 6.44. The van der Waals surface area contributed by atoms with Gasteiger partial charge in [0.2, 0.25) is 5.91 Å². The molecule has 0 aromatic heterocycles. The topological polar surface area (TPSA) is 20.3 Å². The zero-order valence-corrected chi connectivity index (χ0v) is 10.6. The highest BCUT2D eigenvalue weighted by atomic mass is 79.9. The fourth-order valence-electron chi connectivity index (χ4n) is 2.18. The van der Waals surface area contributed by atoms with Gasteiger partial charge in [0, 0.05) is 24.3 Å². The summed E-state index contributed by atoms with van der Waals surface area (Å²) in [4.78, 5) is 13.9. The van der Waals surface area contributed by atoms with E-state index in [1.54, 1.807) is 0 Å². The van der Waals surface area contributed by atoms with Crippen LogP contribution >= 0.6 is 15.9 Å². The Balaban J connectivity index is 2.48. The first-order chi connectivity index (χ1) is 6.79. The minimum atomic E-state index is 0.346. The highest BCUT2D eigenvalue weighted by Gasteiger charge is 2.25. The van der Waals surface area contributed by atoms with E-state index in [1.165, 1.54) is 25.7 Å². The van der Waals surface area contributed by atoms with Gasteiger partial charge in [-0.05, 0) is 19.3 Å². The summed E-state index contributed by atoms with van der Waals surface area (Å²) in [5, 5.41) is 0.902. The summed E-state index contributed by atoms with van der Waals surface area (Å²) in [6.07, 6.45) is 6.68. The van der Waals surface area contributed by atoms with E-state index in [0.29, 0.717) is 18.4 Å². The van der Waals surface area contributed by atoms with Crippen LogP contribution in [0.3, 0.4) is 0 Å². The van der Waals surface area contributed by atoms with Crippen LogP contribution in [-0.4, -0.2) is 28.7 Å². The molecule has 14 heavy (non-hydrogen) atoms. The Kier molecular flexibility index (Phi) is 5.53. The number of amides is 1. The number of hydrogen-bond donors (Lipinski definition) is 0. The number of alkyl halides is 1. The minimum absolute atomic E-state index is 0.346. The van der Waals surface area contributed by atoms with Crippen LogP contribution in [0.25, 0.3) is 0 Å². The molecule has 0 saturated heterocycles. The van der Waals surface area contributed by atoms with E-state index >= 15 is 0 Å². The van der Waals surface area contributed by atoms with E-state index < -0.39 is 0 Å². The van der Waals surface area contributed by atoms with Crippen LogP contribution in [0, 0.1) is 0 Å². The number of carbonyl (C=O) groups excluding carboxylic acids is 1. The quantitative estimate of drug-likeness (QED) is 0.697. The third kappa shape index (κ3) is 3.26. The molecule has 0 aliphatic heterocycles. The molecule has 1 aliphatic rings. The number of halogens is 1. The monoisotopic (exact) mass is 261 g/mol. The van der Waals surface area contributed by atoms with Gasteiger partial charge in [0.15, 0.2) is 0 Å². The van der Waals surface area contributed by atoms with Crippen molar-refractivity contribution >= 4 is 21.8 Å². The fraction of sp³-hybridized carbons (Fsp3) is 0.909. The predicted octanol–water partition coefficient (Wildman–Crippen LogP) is 2.95. The van der Waals surface area contributed by atoms with Gasteiger partial charge in [0.25, 0.3) is 0 Å². The first-order valence-corrected chi connectivity index (χ1v) is 6.77. The van der Waals surface area contributed by atoms with Crippen LogP contribution in [0.15, 0.2) is 0 Å². The molecule has 1 saturated carbocycles. The van der Waals surface area contributed by atoms with Crippen LogP contribution in [-0.2, 0) is 4.79 Å². The van der Waals surface area contributed by atoms with Crippen molar-refractivity contribution in [3.8, 4) is 0 Å². The Morgan fingerprint density at radius 3 is 2.57 bits per heavy atom. The summed E-state index contributed by atoms with van der Waals surface area (Å²) in [6.45, 7) is 2.95. The summed E-state index contributed by atoms with van der Waals surface area (Å²) < 4.78 is 0. The van der Waals surface area contributed by atoms with Crippen molar-refractivity contribution in [2.75, 3.05) is 11.9 Å². The molecule has 0 atom stereocenters. The predicted molar refractivity (Wildman–Crippen MR) is 62.7 cm³/mol. The largest absolute Gasteiger partial charge is 0.339 e. The van der Waals surface area contributed by atoms with Gasteiger partial charge in [0.05, 0.1) is 0 Å². The molecule has 0 N–H and O–H groups in total. The van der Waals surface area contributed by atoms with Gasteiger partial charge in [-0.3, -0.25) is 4.79 Å². The van der Waals surface area contributed by atoms with Gasteiger partial charge < -0.3 is 4.90 Å². The average Bonchev–Trinajstić information content (AvgIpc) is 2.67. The summed E-state index contributed by atoms with van der Waals surface area (Å²) in [5.41, 5.74) is 0. The summed E-state index contributed by atoms with van der Waals surface area (Å²) in [7, 11) is 0. The van der Waals surface area contributed by atoms with Gasteiger partial charge in [-0.25, -0.2) is 0 Å². The molecule has 0 radical (unpaired) electrons. The summed E-state index contributed by atoms with van der Waals surface area (Å²) in [5.74, 6) is 0.346. The standard InChI is InChI=1S/C11H20BrNO/c1-2-5-11(14)13(9-8-12)10-6-3-4-7-10/h10H,2-9H2,1H3. The van der Waals surface area contributed by atoms with Gasteiger partial charge in [-0.15, -0.1) is 0 Å². The first kappa shape index (κ1) is 12.0. The molecule has 0 unspecified atom stereocenters. The zero-order valence-electron chi connectivity index (χ0n) is 8.97. The van der Waals surface area contributed by atoms with Crippen molar-refractivity contribution in [2.45, 2.75) is 51.5 Å².